The fraction of sp³-hybridized carbons (Fsp3) is 0.800. The van der Waals surface area contributed by atoms with Crippen LogP contribution in [0.4, 0.5) is 0 Å². The molecule has 0 saturated carbocycles. The number of ether oxygens (including phenoxy) is 2. The van der Waals surface area contributed by atoms with E-state index in [1.165, 1.54) is 14.2 Å². The lowest BCUT2D eigenvalue weighted by Gasteiger charge is -2.22. The van der Waals surface area contributed by atoms with E-state index in [1.54, 1.807) is 6.92 Å². The Morgan fingerprint density at radius 1 is 1.00 bits per heavy atom. The zero-order valence-electron chi connectivity index (χ0n) is 9.87. The highest BCUT2D eigenvalue weighted by atomic mass is 16.5. The molecular weight excluding hydrogens is 198 g/mol. The van der Waals surface area contributed by atoms with E-state index in [2.05, 4.69) is 14.8 Å². The van der Waals surface area contributed by atoms with Gasteiger partial charge in [0, 0.05) is 0 Å². The van der Waals surface area contributed by atoms with Crippen LogP contribution in [0.15, 0.2) is 0 Å². The van der Waals surface area contributed by atoms with Gasteiger partial charge in [0.15, 0.2) is 0 Å². The molecule has 0 aromatic heterocycles. The zero-order chi connectivity index (χ0) is 12.0. The highest BCUT2D eigenvalue weighted by Crippen LogP contribution is 2.05. The summed E-state index contributed by atoms with van der Waals surface area (Å²) in [7, 11) is 2.63. The minimum Gasteiger partial charge on any atom is -0.468 e. The van der Waals surface area contributed by atoms with Gasteiger partial charge in [-0.2, -0.15) is 0 Å². The van der Waals surface area contributed by atoms with Crippen LogP contribution in [0.3, 0.4) is 0 Å². The standard InChI is InChI=1S/C10H19NO4/c1-6(2)8(10(13)15-5)11-7(3)9(12)14-4/h6-8,11H,1-5H3/t7?,8-/m0/s1. The van der Waals surface area contributed by atoms with Gasteiger partial charge in [-0.1, -0.05) is 13.8 Å². The lowest BCUT2D eigenvalue weighted by molar-refractivity contribution is -0.147. The van der Waals surface area contributed by atoms with Gasteiger partial charge in [-0.25, -0.2) is 0 Å². The van der Waals surface area contributed by atoms with E-state index in [1.807, 2.05) is 13.8 Å². The molecule has 0 aliphatic rings. The molecule has 88 valence electrons. The van der Waals surface area contributed by atoms with E-state index in [9.17, 15) is 9.59 Å². The van der Waals surface area contributed by atoms with Gasteiger partial charge in [0.1, 0.15) is 12.1 Å². The zero-order valence-corrected chi connectivity index (χ0v) is 9.87. The number of hydrogen-bond acceptors (Lipinski definition) is 5. The summed E-state index contributed by atoms with van der Waals surface area (Å²) in [6.45, 7) is 5.39. The van der Waals surface area contributed by atoms with Gasteiger partial charge < -0.3 is 9.47 Å². The molecule has 0 aliphatic heterocycles. The number of hydrogen-bond donors (Lipinski definition) is 1. The average Bonchev–Trinajstić information content (AvgIpc) is 2.22. The molecule has 0 bridgehead atoms. The maximum atomic E-state index is 11.4. The first kappa shape index (κ1) is 13.9. The summed E-state index contributed by atoms with van der Waals surface area (Å²) in [6.07, 6.45) is 0. The van der Waals surface area contributed by atoms with Gasteiger partial charge in [-0.15, -0.1) is 0 Å². The third-order valence-corrected chi connectivity index (χ3v) is 2.11. The van der Waals surface area contributed by atoms with Crippen LogP contribution < -0.4 is 5.32 Å². The Kier molecular flexibility index (Phi) is 5.93. The highest BCUT2D eigenvalue weighted by molar-refractivity contribution is 5.79. The van der Waals surface area contributed by atoms with Crippen molar-refractivity contribution in [2.24, 2.45) is 5.92 Å². The Morgan fingerprint density at radius 2 is 1.47 bits per heavy atom. The molecule has 0 amide bonds. The molecular formula is C10H19NO4. The summed E-state index contributed by atoms with van der Waals surface area (Å²) < 4.78 is 9.19. The topological polar surface area (TPSA) is 64.6 Å². The number of rotatable bonds is 5. The average molecular weight is 217 g/mol. The smallest absolute Gasteiger partial charge is 0.323 e. The minimum absolute atomic E-state index is 0.0459. The summed E-state index contributed by atoms with van der Waals surface area (Å²) in [6, 6.07) is -1.02. The molecule has 0 rings (SSSR count). The molecule has 0 radical (unpaired) electrons. The van der Waals surface area contributed by atoms with Gasteiger partial charge >= 0.3 is 11.9 Å². The Morgan fingerprint density at radius 3 is 1.80 bits per heavy atom. The minimum atomic E-state index is -0.526. The predicted molar refractivity (Wildman–Crippen MR) is 55.3 cm³/mol. The van der Waals surface area contributed by atoms with Crippen molar-refractivity contribution in [2.75, 3.05) is 14.2 Å². The van der Waals surface area contributed by atoms with E-state index in [4.69, 9.17) is 0 Å². The van der Waals surface area contributed by atoms with Crippen LogP contribution in [0.1, 0.15) is 20.8 Å². The maximum Gasteiger partial charge on any atom is 0.323 e. The summed E-state index contributed by atoms with van der Waals surface area (Å²) >= 11 is 0. The molecule has 0 fully saturated rings. The predicted octanol–water partition coefficient (Wildman–Crippen LogP) is 0.335. The number of carbonyl (C=O) groups is 2. The number of nitrogens with one attached hydrogen (secondary N) is 1. The molecule has 0 spiro atoms. The lowest BCUT2D eigenvalue weighted by Crippen LogP contribution is -2.49. The van der Waals surface area contributed by atoms with Crippen molar-refractivity contribution in [3.63, 3.8) is 0 Å². The van der Waals surface area contributed by atoms with Crippen molar-refractivity contribution in [3.8, 4) is 0 Å². The highest BCUT2D eigenvalue weighted by Gasteiger charge is 2.27. The van der Waals surface area contributed by atoms with E-state index < -0.39 is 18.1 Å². The second kappa shape index (κ2) is 6.40. The first-order chi connectivity index (χ1) is 6.93. The molecule has 1 N–H and O–H groups in total. The van der Waals surface area contributed by atoms with Crippen LogP contribution >= 0.6 is 0 Å². The first-order valence-corrected chi connectivity index (χ1v) is 4.85. The molecule has 0 saturated heterocycles. The van der Waals surface area contributed by atoms with Crippen molar-refractivity contribution in [1.29, 1.82) is 0 Å². The Bertz CT molecular complexity index is 227. The molecule has 2 atom stereocenters. The van der Waals surface area contributed by atoms with Crippen molar-refractivity contribution >= 4 is 11.9 Å². The van der Waals surface area contributed by atoms with Crippen molar-refractivity contribution in [2.45, 2.75) is 32.9 Å². The van der Waals surface area contributed by atoms with Gasteiger partial charge in [0.2, 0.25) is 0 Å². The number of esters is 2. The Hall–Kier alpha value is -1.10. The van der Waals surface area contributed by atoms with Gasteiger partial charge in [0.25, 0.3) is 0 Å². The fourth-order valence-corrected chi connectivity index (χ4v) is 1.17. The second-order valence-electron chi connectivity index (χ2n) is 3.66. The monoisotopic (exact) mass is 217 g/mol. The molecule has 0 aliphatic carbocycles. The van der Waals surface area contributed by atoms with Crippen molar-refractivity contribution in [1.82, 2.24) is 5.32 Å². The number of methoxy groups -OCH3 is 2. The van der Waals surface area contributed by atoms with E-state index in [0.29, 0.717) is 0 Å². The number of carbonyl (C=O) groups excluding carboxylic acids is 2. The van der Waals surface area contributed by atoms with E-state index in [0.717, 1.165) is 0 Å². The first-order valence-electron chi connectivity index (χ1n) is 4.85. The Balaban J connectivity index is 4.41. The maximum absolute atomic E-state index is 11.4. The molecule has 5 nitrogen and oxygen atoms in total. The van der Waals surface area contributed by atoms with Crippen molar-refractivity contribution in [3.05, 3.63) is 0 Å². The van der Waals surface area contributed by atoms with Crippen LogP contribution in [-0.4, -0.2) is 38.2 Å². The van der Waals surface area contributed by atoms with Crippen LogP contribution in [0.5, 0.6) is 0 Å². The molecule has 0 heterocycles. The normalized spacial score (nSPS) is 14.5. The third kappa shape index (κ3) is 4.29. The summed E-state index contributed by atoms with van der Waals surface area (Å²) in [4.78, 5) is 22.5. The third-order valence-electron chi connectivity index (χ3n) is 2.11. The van der Waals surface area contributed by atoms with E-state index in [-0.39, 0.29) is 11.9 Å². The second-order valence-corrected chi connectivity index (χ2v) is 3.66. The molecule has 1 unspecified atom stereocenters. The lowest BCUT2D eigenvalue weighted by atomic mass is 10.0. The summed E-state index contributed by atoms with van der Waals surface area (Å²) in [5.74, 6) is -0.727. The van der Waals surface area contributed by atoms with Gasteiger partial charge in [-0.3, -0.25) is 14.9 Å². The Labute approximate surface area is 90.1 Å². The quantitative estimate of drug-likeness (QED) is 0.672. The summed E-state index contributed by atoms with van der Waals surface area (Å²) in [5, 5.41) is 2.87. The van der Waals surface area contributed by atoms with Crippen LogP contribution in [0.25, 0.3) is 0 Å². The SMILES string of the molecule is COC(=O)C(C)N[C@H](C(=O)OC)C(C)C. The van der Waals surface area contributed by atoms with Crippen molar-refractivity contribution < 1.29 is 19.1 Å². The van der Waals surface area contributed by atoms with Gasteiger partial charge in [0.05, 0.1) is 14.2 Å². The molecule has 0 aromatic rings. The van der Waals surface area contributed by atoms with Crippen LogP contribution in [-0.2, 0) is 19.1 Å². The van der Waals surface area contributed by atoms with Crippen LogP contribution in [0, 0.1) is 5.92 Å². The molecule has 5 heteroatoms. The van der Waals surface area contributed by atoms with Gasteiger partial charge in [-0.05, 0) is 12.8 Å². The largest absolute Gasteiger partial charge is 0.468 e. The fourth-order valence-electron chi connectivity index (χ4n) is 1.17. The molecule has 15 heavy (non-hydrogen) atoms. The van der Waals surface area contributed by atoms with E-state index >= 15 is 0 Å². The molecule has 0 aromatic carbocycles. The summed E-state index contributed by atoms with van der Waals surface area (Å²) in [5.41, 5.74) is 0. The van der Waals surface area contributed by atoms with Crippen LogP contribution in [0.2, 0.25) is 0 Å².